The number of nitrogens with zero attached hydrogens (tertiary/aromatic N) is 3. The molecule has 1 rings (SSSR count). The third-order valence-corrected chi connectivity index (χ3v) is 1.44. The predicted octanol–water partition coefficient (Wildman–Crippen LogP) is 2.65. The lowest BCUT2D eigenvalue weighted by molar-refractivity contribution is 0.158. The minimum Gasteiger partial charge on any atom is -0.467 e. The monoisotopic (exact) mass is 207 g/mol. The predicted molar refractivity (Wildman–Crippen MR) is 56.8 cm³/mol. The van der Waals surface area contributed by atoms with Crippen LogP contribution in [-0.2, 0) is 0 Å². The van der Waals surface area contributed by atoms with Gasteiger partial charge < -0.3 is 9.52 Å². The summed E-state index contributed by atoms with van der Waals surface area (Å²) in [6.07, 6.45) is 0.621. The maximum absolute atomic E-state index is 9.18. The van der Waals surface area contributed by atoms with Crippen LogP contribution in [0, 0.1) is 11.8 Å². The van der Waals surface area contributed by atoms with Gasteiger partial charge in [-0.25, -0.2) is 0 Å². The molecule has 0 fully saturated rings. The third kappa shape index (κ3) is 6.22. The van der Waals surface area contributed by atoms with Crippen LogP contribution in [-0.4, -0.2) is 11.7 Å². The minimum absolute atomic E-state index is 0.00398. The van der Waals surface area contributed by atoms with E-state index in [0.717, 1.165) is 0 Å². The smallest absolute Gasteiger partial charge is 0.132 e. The minimum atomic E-state index is -0.833. The summed E-state index contributed by atoms with van der Waals surface area (Å²) in [5.74, 6) is 5.78. The summed E-state index contributed by atoms with van der Waals surface area (Å²) in [5, 5.41) is 12.4. The molecule has 0 bridgehead atoms. The van der Waals surface area contributed by atoms with Crippen molar-refractivity contribution in [3.63, 3.8) is 0 Å². The van der Waals surface area contributed by atoms with Gasteiger partial charge in [-0.1, -0.05) is 5.11 Å². The molecule has 0 saturated carbocycles. The lowest BCUT2D eigenvalue weighted by Crippen LogP contribution is -1.98. The van der Waals surface area contributed by atoms with Gasteiger partial charge in [0.05, 0.1) is 12.8 Å². The quantitative estimate of drug-likeness (QED) is 0.357. The van der Waals surface area contributed by atoms with Gasteiger partial charge in [0.15, 0.2) is 0 Å². The van der Waals surface area contributed by atoms with Crippen LogP contribution >= 0.6 is 0 Å². The van der Waals surface area contributed by atoms with E-state index in [4.69, 9.17) is 9.95 Å². The zero-order chi connectivity index (χ0) is 11.5. The Hall–Kier alpha value is -1.89. The normalized spacial score (nSPS) is 9.80. The van der Waals surface area contributed by atoms with Gasteiger partial charge >= 0.3 is 0 Å². The molecule has 1 aromatic rings. The Morgan fingerprint density at radius 1 is 1.60 bits per heavy atom. The van der Waals surface area contributed by atoms with Crippen molar-refractivity contribution < 1.29 is 9.52 Å². The van der Waals surface area contributed by atoms with Crippen molar-refractivity contribution in [2.45, 2.75) is 20.0 Å². The van der Waals surface area contributed by atoms with Crippen LogP contribution in [0.5, 0.6) is 0 Å². The number of rotatable bonds is 3. The molecule has 0 radical (unpaired) electrons. The van der Waals surface area contributed by atoms with E-state index in [1.54, 1.807) is 12.1 Å². The second-order valence-electron chi connectivity index (χ2n) is 2.44. The maximum atomic E-state index is 9.18. The van der Waals surface area contributed by atoms with Crippen molar-refractivity contribution in [1.29, 1.82) is 0 Å². The molecule has 0 aliphatic heterocycles. The van der Waals surface area contributed by atoms with Gasteiger partial charge in [0.1, 0.15) is 11.9 Å². The molecule has 1 atom stereocenters. The van der Waals surface area contributed by atoms with E-state index < -0.39 is 6.10 Å². The number of furan rings is 1. The van der Waals surface area contributed by atoms with Crippen molar-refractivity contribution in [2.75, 3.05) is 6.54 Å². The molecular formula is C10H13N3O2. The fourth-order valence-electron chi connectivity index (χ4n) is 0.685. The molecule has 0 aliphatic carbocycles. The molecule has 15 heavy (non-hydrogen) atoms. The molecule has 5 nitrogen and oxygen atoms in total. The van der Waals surface area contributed by atoms with E-state index in [0.29, 0.717) is 5.76 Å². The summed E-state index contributed by atoms with van der Waals surface area (Å²) in [7, 11) is 0. The van der Waals surface area contributed by atoms with E-state index in [9.17, 15) is 5.11 Å². The number of hydrogen-bond donors (Lipinski definition) is 1. The standard InChI is InChI=1S/C6H7N3O2.C4H6/c7-9-8-4-5(10)6-2-1-3-11-6;1-3-4-2/h1-3,5,10H,4H2;1-2H3. The van der Waals surface area contributed by atoms with Gasteiger partial charge in [0.2, 0.25) is 0 Å². The van der Waals surface area contributed by atoms with E-state index in [-0.39, 0.29) is 6.54 Å². The summed E-state index contributed by atoms with van der Waals surface area (Å²) >= 11 is 0. The summed E-state index contributed by atoms with van der Waals surface area (Å²) in [6, 6.07) is 3.28. The summed E-state index contributed by atoms with van der Waals surface area (Å²) in [5.41, 5.74) is 7.93. The summed E-state index contributed by atoms with van der Waals surface area (Å²) < 4.78 is 4.86. The SMILES string of the molecule is CC#CC.[N-]=[N+]=NCC(O)c1ccco1. The maximum Gasteiger partial charge on any atom is 0.132 e. The number of hydrogen-bond acceptors (Lipinski definition) is 3. The van der Waals surface area contributed by atoms with Crippen molar-refractivity contribution in [3.05, 3.63) is 34.6 Å². The second kappa shape index (κ2) is 8.70. The highest BCUT2D eigenvalue weighted by Gasteiger charge is 2.07. The number of aliphatic hydroxyl groups is 1. The largest absolute Gasteiger partial charge is 0.467 e. The third-order valence-electron chi connectivity index (χ3n) is 1.44. The van der Waals surface area contributed by atoms with Crippen LogP contribution in [0.25, 0.3) is 10.4 Å². The molecule has 0 spiro atoms. The first-order chi connectivity index (χ1) is 7.26. The number of azide groups is 1. The Balaban J connectivity index is 0.000000423. The average molecular weight is 207 g/mol. The van der Waals surface area contributed by atoms with Crippen LogP contribution in [0.2, 0.25) is 0 Å². The molecule has 1 unspecified atom stereocenters. The molecule has 1 N–H and O–H groups in total. The van der Waals surface area contributed by atoms with Gasteiger partial charge in [-0.05, 0) is 31.5 Å². The lowest BCUT2D eigenvalue weighted by Gasteiger charge is -2.00. The highest BCUT2D eigenvalue weighted by atomic mass is 16.4. The van der Waals surface area contributed by atoms with Crippen molar-refractivity contribution in [1.82, 2.24) is 0 Å². The van der Waals surface area contributed by atoms with Gasteiger partial charge in [-0.15, -0.1) is 11.8 Å². The lowest BCUT2D eigenvalue weighted by atomic mass is 10.3. The van der Waals surface area contributed by atoms with Crippen LogP contribution in [0.4, 0.5) is 0 Å². The molecule has 1 aromatic heterocycles. The van der Waals surface area contributed by atoms with Gasteiger partial charge in [-0.2, -0.15) is 0 Å². The zero-order valence-electron chi connectivity index (χ0n) is 8.71. The molecule has 0 aliphatic rings. The van der Waals surface area contributed by atoms with Gasteiger partial charge in [0.25, 0.3) is 0 Å². The van der Waals surface area contributed by atoms with Gasteiger partial charge in [-0.3, -0.25) is 0 Å². The Morgan fingerprint density at radius 3 is 2.67 bits per heavy atom. The Labute approximate surface area is 88.3 Å². The molecule has 1 heterocycles. The van der Waals surface area contributed by atoms with E-state index >= 15 is 0 Å². The first-order valence-corrected chi connectivity index (χ1v) is 4.32. The summed E-state index contributed by atoms with van der Waals surface area (Å²) in [4.78, 5) is 2.51. The zero-order valence-corrected chi connectivity index (χ0v) is 8.71. The molecule has 0 saturated heterocycles. The topological polar surface area (TPSA) is 82.1 Å². The molecular weight excluding hydrogens is 194 g/mol. The van der Waals surface area contributed by atoms with Crippen molar-refractivity contribution in [3.8, 4) is 11.8 Å². The fraction of sp³-hybridized carbons (Fsp3) is 0.400. The fourth-order valence-corrected chi connectivity index (χ4v) is 0.685. The second-order valence-corrected chi connectivity index (χ2v) is 2.44. The van der Waals surface area contributed by atoms with E-state index in [2.05, 4.69) is 21.9 Å². The Bertz CT molecular complexity index is 350. The molecule has 0 aromatic carbocycles. The number of aliphatic hydroxyl groups excluding tert-OH is 1. The van der Waals surface area contributed by atoms with Crippen molar-refractivity contribution >= 4 is 0 Å². The molecule has 5 heteroatoms. The molecule has 80 valence electrons. The van der Waals surface area contributed by atoms with E-state index in [1.165, 1.54) is 6.26 Å². The Morgan fingerprint density at radius 2 is 2.27 bits per heavy atom. The van der Waals surface area contributed by atoms with Crippen LogP contribution in [0.15, 0.2) is 27.9 Å². The average Bonchev–Trinajstić information content (AvgIpc) is 2.79. The van der Waals surface area contributed by atoms with Crippen LogP contribution in [0.3, 0.4) is 0 Å². The van der Waals surface area contributed by atoms with Crippen molar-refractivity contribution in [2.24, 2.45) is 5.11 Å². The first-order valence-electron chi connectivity index (χ1n) is 4.32. The van der Waals surface area contributed by atoms with E-state index in [1.807, 2.05) is 13.8 Å². The Kier molecular flexibility index (Phi) is 7.60. The highest BCUT2D eigenvalue weighted by Crippen LogP contribution is 2.12. The summed E-state index contributed by atoms with van der Waals surface area (Å²) in [6.45, 7) is 3.64. The molecule has 0 amide bonds. The highest BCUT2D eigenvalue weighted by molar-refractivity contribution is 5.02. The van der Waals surface area contributed by atoms with Gasteiger partial charge in [0, 0.05) is 4.91 Å². The van der Waals surface area contributed by atoms with Crippen LogP contribution in [0.1, 0.15) is 25.7 Å². The van der Waals surface area contributed by atoms with Crippen LogP contribution < -0.4 is 0 Å². The first kappa shape index (κ1) is 13.1.